The van der Waals surface area contributed by atoms with Crippen LogP contribution in [0.5, 0.6) is 0 Å². The molecule has 0 spiro atoms. The second-order valence-corrected chi connectivity index (χ2v) is 6.99. The van der Waals surface area contributed by atoms with Crippen molar-refractivity contribution >= 4 is 38.6 Å². The topological polar surface area (TPSA) is 12.0 Å². The Balaban J connectivity index is 2.44. The van der Waals surface area contributed by atoms with Crippen LogP contribution in [0.15, 0.2) is 22.0 Å². The number of aryl methyl sites for hydroxylation is 2. The van der Waals surface area contributed by atoms with E-state index in [4.69, 9.17) is 0 Å². The van der Waals surface area contributed by atoms with Gasteiger partial charge in [0.25, 0.3) is 0 Å². The van der Waals surface area contributed by atoms with E-state index in [1.807, 2.05) is 18.4 Å². The van der Waals surface area contributed by atoms with E-state index in [2.05, 4.69) is 52.6 Å². The monoisotopic (exact) mass is 315 g/mol. The van der Waals surface area contributed by atoms with Crippen LogP contribution in [0.3, 0.4) is 0 Å². The summed E-state index contributed by atoms with van der Waals surface area (Å²) in [4.78, 5) is 4.13. The molecule has 2 heterocycles. The predicted octanol–water partition coefficient (Wildman–Crippen LogP) is 4.50. The molecule has 0 radical (unpaired) electrons. The van der Waals surface area contributed by atoms with Gasteiger partial charge in [0, 0.05) is 19.1 Å². The first kappa shape index (κ1) is 12.3. The average Bonchev–Trinajstić information content (AvgIpc) is 2.77. The van der Waals surface area contributed by atoms with Gasteiger partial charge in [-0.05, 0) is 59.9 Å². The van der Waals surface area contributed by atoms with E-state index in [1.165, 1.54) is 24.7 Å². The Morgan fingerprint density at radius 3 is 2.56 bits per heavy atom. The Bertz CT molecular complexity index is 487. The van der Waals surface area contributed by atoms with Crippen molar-refractivity contribution in [1.82, 2.24) is 5.32 Å². The first-order valence-electron chi connectivity index (χ1n) is 5.10. The van der Waals surface area contributed by atoms with Crippen LogP contribution < -0.4 is 5.32 Å². The van der Waals surface area contributed by atoms with Gasteiger partial charge in [-0.1, -0.05) is 0 Å². The van der Waals surface area contributed by atoms with Crippen molar-refractivity contribution in [2.24, 2.45) is 0 Å². The maximum atomic E-state index is 3.61. The fourth-order valence-corrected chi connectivity index (χ4v) is 4.57. The zero-order valence-corrected chi connectivity index (χ0v) is 12.7. The maximum Gasteiger partial charge on any atom is 0.0690 e. The molecule has 0 saturated carbocycles. The molecule has 1 nitrogen and oxygen atoms in total. The van der Waals surface area contributed by atoms with E-state index >= 15 is 0 Å². The van der Waals surface area contributed by atoms with E-state index in [1.54, 1.807) is 11.3 Å². The molecule has 4 heteroatoms. The van der Waals surface area contributed by atoms with Crippen molar-refractivity contribution in [1.29, 1.82) is 0 Å². The first-order chi connectivity index (χ1) is 7.63. The van der Waals surface area contributed by atoms with Gasteiger partial charge in [0.2, 0.25) is 0 Å². The lowest BCUT2D eigenvalue weighted by Crippen LogP contribution is -2.16. The molecule has 0 fully saturated rings. The number of rotatable bonds is 3. The van der Waals surface area contributed by atoms with Gasteiger partial charge in [-0.25, -0.2) is 0 Å². The molecule has 0 saturated heterocycles. The average molecular weight is 316 g/mol. The summed E-state index contributed by atoms with van der Waals surface area (Å²) < 4.78 is 1.19. The van der Waals surface area contributed by atoms with Gasteiger partial charge in [-0.3, -0.25) is 0 Å². The minimum atomic E-state index is 0.305. The third-order valence-electron chi connectivity index (χ3n) is 2.59. The van der Waals surface area contributed by atoms with Gasteiger partial charge in [-0.15, -0.1) is 22.7 Å². The second-order valence-electron chi connectivity index (χ2n) is 3.72. The Morgan fingerprint density at radius 2 is 2.12 bits per heavy atom. The quantitative estimate of drug-likeness (QED) is 0.879. The van der Waals surface area contributed by atoms with Crippen molar-refractivity contribution in [2.75, 3.05) is 7.05 Å². The summed E-state index contributed by atoms with van der Waals surface area (Å²) >= 11 is 7.27. The lowest BCUT2D eigenvalue weighted by Gasteiger charge is -2.15. The highest BCUT2D eigenvalue weighted by atomic mass is 79.9. The van der Waals surface area contributed by atoms with Gasteiger partial charge in [0.15, 0.2) is 0 Å². The van der Waals surface area contributed by atoms with E-state index in [0.29, 0.717) is 6.04 Å². The number of hydrogen-bond acceptors (Lipinski definition) is 3. The summed E-state index contributed by atoms with van der Waals surface area (Å²) in [7, 11) is 2.02. The van der Waals surface area contributed by atoms with Crippen LogP contribution in [0.25, 0.3) is 0 Å². The molecular weight excluding hydrogens is 302 g/mol. The fourth-order valence-electron chi connectivity index (χ4n) is 1.88. The van der Waals surface area contributed by atoms with Gasteiger partial charge in [-0.2, -0.15) is 0 Å². The van der Waals surface area contributed by atoms with Crippen LogP contribution in [0.2, 0.25) is 0 Å². The van der Waals surface area contributed by atoms with Crippen LogP contribution in [-0.2, 0) is 0 Å². The molecule has 0 aliphatic carbocycles. The van der Waals surface area contributed by atoms with E-state index in [0.717, 1.165) is 0 Å². The van der Waals surface area contributed by atoms with Crippen LogP contribution >= 0.6 is 38.6 Å². The number of halogens is 1. The van der Waals surface area contributed by atoms with Crippen molar-refractivity contribution in [3.63, 3.8) is 0 Å². The lowest BCUT2D eigenvalue weighted by molar-refractivity contribution is 0.700. The first-order valence-corrected chi connectivity index (χ1v) is 7.59. The molecular formula is C12H14BrNS2. The van der Waals surface area contributed by atoms with Crippen LogP contribution in [-0.4, -0.2) is 7.05 Å². The second kappa shape index (κ2) is 5.00. The molecule has 2 aromatic rings. The SMILES string of the molecule is CNC(c1cc(C)sc1C)c1sccc1Br. The lowest BCUT2D eigenvalue weighted by atomic mass is 10.1. The normalized spacial score (nSPS) is 13.0. The van der Waals surface area contributed by atoms with Crippen LogP contribution in [0.4, 0.5) is 0 Å². The summed E-state index contributed by atoms with van der Waals surface area (Å²) in [5.41, 5.74) is 1.40. The van der Waals surface area contributed by atoms with Gasteiger partial charge < -0.3 is 5.32 Å². The smallest absolute Gasteiger partial charge is 0.0690 e. The van der Waals surface area contributed by atoms with Crippen LogP contribution in [0, 0.1) is 13.8 Å². The molecule has 2 rings (SSSR count). The van der Waals surface area contributed by atoms with Gasteiger partial charge in [0.1, 0.15) is 0 Å². The van der Waals surface area contributed by atoms with E-state index < -0.39 is 0 Å². The molecule has 86 valence electrons. The molecule has 0 aromatic carbocycles. The highest BCUT2D eigenvalue weighted by Gasteiger charge is 2.19. The zero-order chi connectivity index (χ0) is 11.7. The summed E-state index contributed by atoms with van der Waals surface area (Å²) in [6.07, 6.45) is 0. The largest absolute Gasteiger partial charge is 0.309 e. The molecule has 1 N–H and O–H groups in total. The van der Waals surface area contributed by atoms with Crippen molar-refractivity contribution in [3.8, 4) is 0 Å². The summed E-state index contributed by atoms with van der Waals surface area (Å²) in [6.45, 7) is 4.36. The molecule has 0 amide bonds. The minimum absolute atomic E-state index is 0.305. The highest BCUT2D eigenvalue weighted by Crippen LogP contribution is 2.36. The highest BCUT2D eigenvalue weighted by molar-refractivity contribution is 9.10. The van der Waals surface area contributed by atoms with Crippen molar-refractivity contribution in [3.05, 3.63) is 42.2 Å². The van der Waals surface area contributed by atoms with E-state index in [9.17, 15) is 0 Å². The molecule has 0 aliphatic heterocycles. The summed E-state index contributed by atoms with van der Waals surface area (Å²) in [5, 5.41) is 5.53. The summed E-state index contributed by atoms with van der Waals surface area (Å²) in [6, 6.07) is 4.70. The Labute approximate surface area is 113 Å². The number of nitrogens with one attached hydrogen (secondary N) is 1. The van der Waals surface area contributed by atoms with E-state index in [-0.39, 0.29) is 0 Å². The third kappa shape index (κ3) is 2.25. The zero-order valence-electron chi connectivity index (χ0n) is 9.50. The Morgan fingerprint density at radius 1 is 1.38 bits per heavy atom. The Hall–Kier alpha value is -0.160. The fraction of sp³-hybridized carbons (Fsp3) is 0.333. The molecule has 1 atom stereocenters. The van der Waals surface area contributed by atoms with Crippen LogP contribution in [0.1, 0.15) is 26.2 Å². The Kier molecular flexibility index (Phi) is 3.85. The van der Waals surface area contributed by atoms with Gasteiger partial charge >= 0.3 is 0 Å². The van der Waals surface area contributed by atoms with Crippen molar-refractivity contribution < 1.29 is 0 Å². The maximum absolute atomic E-state index is 3.61. The summed E-state index contributed by atoms with van der Waals surface area (Å²) in [5.74, 6) is 0. The number of hydrogen-bond donors (Lipinski definition) is 1. The molecule has 0 bridgehead atoms. The van der Waals surface area contributed by atoms with Crippen molar-refractivity contribution in [2.45, 2.75) is 19.9 Å². The molecule has 16 heavy (non-hydrogen) atoms. The molecule has 1 unspecified atom stereocenters. The third-order valence-corrected chi connectivity index (χ3v) is 5.50. The standard InChI is InChI=1S/C12H14BrNS2/c1-7-6-9(8(2)16-7)11(14-3)12-10(13)4-5-15-12/h4-6,11,14H,1-3H3. The number of thiophene rings is 2. The van der Waals surface area contributed by atoms with Gasteiger partial charge in [0.05, 0.1) is 6.04 Å². The molecule has 2 aromatic heterocycles. The minimum Gasteiger partial charge on any atom is -0.309 e. The molecule has 0 aliphatic rings. The predicted molar refractivity (Wildman–Crippen MR) is 76.7 cm³/mol.